The maximum atomic E-state index is 14.4. The molecule has 1 atom stereocenters. The van der Waals surface area contributed by atoms with E-state index in [0.29, 0.717) is 12.1 Å². The molecule has 3 rings (SSSR count). The van der Waals surface area contributed by atoms with Gasteiger partial charge in [0.1, 0.15) is 11.4 Å². The molecule has 1 aliphatic rings. The van der Waals surface area contributed by atoms with E-state index in [9.17, 15) is 40.7 Å². The van der Waals surface area contributed by atoms with Crippen LogP contribution in [-0.4, -0.2) is 56.7 Å². The van der Waals surface area contributed by atoms with E-state index in [4.69, 9.17) is 9.47 Å². The van der Waals surface area contributed by atoms with Gasteiger partial charge < -0.3 is 24.3 Å². The minimum absolute atomic E-state index is 0.189. The van der Waals surface area contributed by atoms with E-state index >= 15 is 0 Å². The predicted octanol–water partition coefficient (Wildman–Crippen LogP) is 4.75. The number of carbonyl (C=O) groups excluding carboxylic acids is 3. The Kier molecular flexibility index (Phi) is 9.28. The van der Waals surface area contributed by atoms with E-state index in [-0.39, 0.29) is 24.3 Å². The number of hydrogen-bond donors (Lipinski definition) is 1. The van der Waals surface area contributed by atoms with Crippen molar-refractivity contribution in [2.24, 2.45) is 0 Å². The second-order valence-corrected chi connectivity index (χ2v) is 10.8. The fraction of sp³-hybridized carbons (Fsp3) is 0.538. The Morgan fingerprint density at radius 2 is 1.66 bits per heavy atom. The summed E-state index contributed by atoms with van der Waals surface area (Å²) in [5.74, 6) is -6.95. The first-order valence-electron chi connectivity index (χ1n) is 12.6. The zero-order valence-corrected chi connectivity index (χ0v) is 23.0. The largest absolute Gasteiger partial charge is 0.458 e. The van der Waals surface area contributed by atoms with Crippen LogP contribution in [-0.2, 0) is 40.0 Å². The molecule has 15 heteroatoms. The van der Waals surface area contributed by atoms with Crippen molar-refractivity contribution < 1.29 is 50.2 Å². The number of aromatic nitrogens is 2. The van der Waals surface area contributed by atoms with Crippen molar-refractivity contribution >= 4 is 18.0 Å². The molecule has 2 amide bonds. The number of nitrogens with zero attached hydrogens (tertiary/aromatic N) is 3. The van der Waals surface area contributed by atoms with Gasteiger partial charge in [0.05, 0.1) is 18.3 Å². The highest BCUT2D eigenvalue weighted by Crippen LogP contribution is 2.33. The van der Waals surface area contributed by atoms with E-state index in [1.807, 2.05) is 0 Å². The molecule has 1 aromatic carbocycles. The highest BCUT2D eigenvalue weighted by atomic mass is 19.4. The first-order chi connectivity index (χ1) is 18.9. The summed E-state index contributed by atoms with van der Waals surface area (Å²) in [6.45, 7) is 6.76. The maximum Gasteiger partial charge on any atom is 0.449 e. The zero-order chi connectivity index (χ0) is 30.9. The SMILES string of the molecule is CC(C)OC(=O)c1nc(C(F)(F)F)n2c1CN(C(=O)CC(Cc1cc(F)c(F)cc1F)NC(=O)OC(C)(C)C)CC2. The van der Waals surface area contributed by atoms with Crippen LogP contribution in [0, 0.1) is 17.5 Å². The second kappa shape index (κ2) is 12.0. The van der Waals surface area contributed by atoms with E-state index in [1.165, 1.54) is 13.8 Å². The van der Waals surface area contributed by atoms with Crippen molar-refractivity contribution in [2.75, 3.05) is 6.54 Å². The molecule has 2 heterocycles. The third-order valence-corrected chi connectivity index (χ3v) is 5.85. The van der Waals surface area contributed by atoms with Gasteiger partial charge in [-0.1, -0.05) is 0 Å². The Bertz CT molecular complexity index is 1320. The summed E-state index contributed by atoms with van der Waals surface area (Å²) in [5.41, 5.74) is -2.04. The van der Waals surface area contributed by atoms with Crippen LogP contribution < -0.4 is 5.32 Å². The minimum atomic E-state index is -4.88. The number of benzene rings is 1. The molecule has 2 aromatic rings. The normalized spacial score (nSPS) is 14.5. The fourth-order valence-corrected chi connectivity index (χ4v) is 4.20. The zero-order valence-electron chi connectivity index (χ0n) is 23.0. The lowest BCUT2D eigenvalue weighted by molar-refractivity contribution is -0.148. The first-order valence-corrected chi connectivity index (χ1v) is 12.6. The van der Waals surface area contributed by atoms with Crippen LogP contribution in [0.3, 0.4) is 0 Å². The number of rotatable bonds is 7. The van der Waals surface area contributed by atoms with Crippen molar-refractivity contribution in [3.63, 3.8) is 0 Å². The molecule has 1 aromatic heterocycles. The van der Waals surface area contributed by atoms with Crippen molar-refractivity contribution in [3.8, 4) is 0 Å². The van der Waals surface area contributed by atoms with Gasteiger partial charge in [-0.2, -0.15) is 13.2 Å². The minimum Gasteiger partial charge on any atom is -0.458 e. The average molecular weight is 593 g/mol. The number of carbonyl (C=O) groups is 3. The Hall–Kier alpha value is -3.78. The number of ether oxygens (including phenoxy) is 2. The third kappa shape index (κ3) is 8.13. The molecule has 1 unspecified atom stereocenters. The molecule has 1 N–H and O–H groups in total. The topological polar surface area (TPSA) is 103 Å². The lowest BCUT2D eigenvalue weighted by Crippen LogP contribution is -2.45. The van der Waals surface area contributed by atoms with Crippen molar-refractivity contribution in [1.82, 2.24) is 19.8 Å². The smallest absolute Gasteiger partial charge is 0.449 e. The van der Waals surface area contributed by atoms with Crippen LogP contribution in [0.4, 0.5) is 31.1 Å². The highest BCUT2D eigenvalue weighted by Gasteiger charge is 2.42. The lowest BCUT2D eigenvalue weighted by Gasteiger charge is -2.31. The maximum absolute atomic E-state index is 14.4. The lowest BCUT2D eigenvalue weighted by atomic mass is 10.0. The second-order valence-electron chi connectivity index (χ2n) is 10.8. The molecule has 0 spiro atoms. The summed E-state index contributed by atoms with van der Waals surface area (Å²) in [7, 11) is 0. The summed E-state index contributed by atoms with van der Waals surface area (Å²) in [5, 5.41) is 2.42. The number of hydrogen-bond acceptors (Lipinski definition) is 6. The summed E-state index contributed by atoms with van der Waals surface area (Å²) in [6, 6.07) is -0.248. The Morgan fingerprint density at radius 1 is 1.02 bits per heavy atom. The molecule has 9 nitrogen and oxygen atoms in total. The Morgan fingerprint density at radius 3 is 2.24 bits per heavy atom. The molecule has 0 saturated carbocycles. The standard InChI is InChI=1S/C26H30F6N4O5/c1-13(2)40-22(38)21-19-12-35(6-7-36(19)23(34-21)26(30,31)32)20(37)10-15(33-24(39)41-25(3,4)5)8-14-9-17(28)18(29)11-16(14)27/h9,11,13,15H,6-8,10,12H2,1-5H3,(H,33,39). The van der Waals surface area contributed by atoms with Gasteiger partial charge in [-0.15, -0.1) is 0 Å². The van der Waals surface area contributed by atoms with Gasteiger partial charge in [0.15, 0.2) is 17.3 Å². The van der Waals surface area contributed by atoms with Gasteiger partial charge in [0.2, 0.25) is 11.7 Å². The Labute approximate surface area is 231 Å². The van der Waals surface area contributed by atoms with Crippen LogP contribution in [0.2, 0.25) is 0 Å². The molecule has 41 heavy (non-hydrogen) atoms. The van der Waals surface area contributed by atoms with Crippen molar-refractivity contribution in [2.45, 2.75) is 84.5 Å². The summed E-state index contributed by atoms with van der Waals surface area (Å²) in [6.07, 6.45) is -7.45. The van der Waals surface area contributed by atoms with Crippen molar-refractivity contribution in [1.29, 1.82) is 0 Å². The monoisotopic (exact) mass is 592 g/mol. The molecule has 0 bridgehead atoms. The van der Waals surface area contributed by atoms with Crippen LogP contribution in [0.1, 0.15) is 68.6 Å². The summed E-state index contributed by atoms with van der Waals surface area (Å²) < 4.78 is 93.5. The van der Waals surface area contributed by atoms with Gasteiger partial charge in [0, 0.05) is 31.6 Å². The van der Waals surface area contributed by atoms with E-state index in [1.54, 1.807) is 20.8 Å². The number of alkyl halides is 3. The molecular weight excluding hydrogens is 562 g/mol. The number of fused-ring (bicyclic) bond motifs is 1. The molecule has 0 fully saturated rings. The number of amides is 2. The summed E-state index contributed by atoms with van der Waals surface area (Å²) >= 11 is 0. The van der Waals surface area contributed by atoms with E-state index in [0.717, 1.165) is 9.47 Å². The van der Waals surface area contributed by atoms with Crippen LogP contribution >= 0.6 is 0 Å². The summed E-state index contributed by atoms with van der Waals surface area (Å²) in [4.78, 5) is 42.9. The van der Waals surface area contributed by atoms with Crippen LogP contribution in [0.15, 0.2) is 12.1 Å². The van der Waals surface area contributed by atoms with Gasteiger partial charge in [-0.3, -0.25) is 4.79 Å². The molecule has 0 saturated heterocycles. The van der Waals surface area contributed by atoms with Gasteiger partial charge in [-0.25, -0.2) is 27.7 Å². The number of imidazole rings is 1. The molecule has 1 aliphatic heterocycles. The fourth-order valence-electron chi connectivity index (χ4n) is 4.20. The molecule has 226 valence electrons. The predicted molar refractivity (Wildman–Crippen MR) is 131 cm³/mol. The number of esters is 1. The third-order valence-electron chi connectivity index (χ3n) is 5.85. The van der Waals surface area contributed by atoms with E-state index < -0.39 is 90.2 Å². The molecule has 0 radical (unpaired) electrons. The van der Waals surface area contributed by atoms with Crippen LogP contribution in [0.25, 0.3) is 0 Å². The van der Waals surface area contributed by atoms with Crippen LogP contribution in [0.5, 0.6) is 0 Å². The average Bonchev–Trinajstić information content (AvgIpc) is 3.20. The number of halogens is 6. The number of alkyl carbamates (subject to hydrolysis) is 1. The van der Waals surface area contributed by atoms with Crippen molar-refractivity contribution in [3.05, 3.63) is 52.4 Å². The highest BCUT2D eigenvalue weighted by molar-refractivity contribution is 5.89. The van der Waals surface area contributed by atoms with Gasteiger partial charge in [-0.05, 0) is 52.7 Å². The number of nitrogens with one attached hydrogen (secondary N) is 1. The molecule has 0 aliphatic carbocycles. The first kappa shape index (κ1) is 31.7. The quantitative estimate of drug-likeness (QED) is 0.283. The van der Waals surface area contributed by atoms with Gasteiger partial charge >= 0.3 is 18.2 Å². The van der Waals surface area contributed by atoms with E-state index in [2.05, 4.69) is 10.3 Å². The molecular formula is C26H30F6N4O5. The van der Waals surface area contributed by atoms with Gasteiger partial charge in [0.25, 0.3) is 0 Å². The Balaban J connectivity index is 1.87.